The lowest BCUT2D eigenvalue weighted by molar-refractivity contribution is -0.274. The topological polar surface area (TPSA) is 9.23 Å². The van der Waals surface area contributed by atoms with Crippen LogP contribution in [0.5, 0.6) is 5.75 Å². The first-order valence-corrected chi connectivity index (χ1v) is 5.93. The smallest absolute Gasteiger partial charge is 0.406 e. The summed E-state index contributed by atoms with van der Waals surface area (Å²) in [6.45, 7) is 2.03. The van der Waals surface area contributed by atoms with E-state index in [-0.39, 0.29) is 5.75 Å². The van der Waals surface area contributed by atoms with Gasteiger partial charge in [0.25, 0.3) is 0 Å². The molecule has 2 rings (SSSR count). The summed E-state index contributed by atoms with van der Waals surface area (Å²) < 4.78 is 40.4. The largest absolute Gasteiger partial charge is 0.573 e. The number of alkyl halides is 3. The summed E-state index contributed by atoms with van der Waals surface area (Å²) in [6, 6.07) is 13.7. The van der Waals surface area contributed by atoms with Gasteiger partial charge in [0.1, 0.15) is 5.75 Å². The standard InChI is InChI=1S/C15H13F3O/c1-2-11-5-3-6-12(9-11)13-7-4-8-14(10-13)19-15(16,17)18/h3-10H,2H2,1H3. The van der Waals surface area contributed by atoms with Crippen molar-refractivity contribution < 1.29 is 17.9 Å². The molecule has 0 aliphatic carbocycles. The minimum Gasteiger partial charge on any atom is -0.406 e. The second-order valence-electron chi connectivity index (χ2n) is 4.13. The van der Waals surface area contributed by atoms with E-state index in [2.05, 4.69) is 4.74 Å². The van der Waals surface area contributed by atoms with E-state index in [0.717, 1.165) is 17.5 Å². The van der Waals surface area contributed by atoms with E-state index in [0.29, 0.717) is 5.56 Å². The summed E-state index contributed by atoms with van der Waals surface area (Å²) in [5, 5.41) is 0. The molecule has 4 heteroatoms. The Morgan fingerprint density at radius 1 is 0.947 bits per heavy atom. The second-order valence-corrected chi connectivity index (χ2v) is 4.13. The summed E-state index contributed by atoms with van der Waals surface area (Å²) >= 11 is 0. The SMILES string of the molecule is CCc1cccc(-c2cccc(OC(F)(F)F)c2)c1. The lowest BCUT2D eigenvalue weighted by Gasteiger charge is -2.10. The molecular formula is C15H13F3O. The Balaban J connectivity index is 2.32. The molecule has 0 fully saturated rings. The molecule has 0 saturated carbocycles. The first-order chi connectivity index (χ1) is 8.98. The molecule has 2 aromatic carbocycles. The Labute approximate surface area is 109 Å². The molecule has 0 heterocycles. The van der Waals surface area contributed by atoms with E-state index in [1.165, 1.54) is 12.1 Å². The number of hydrogen-bond acceptors (Lipinski definition) is 1. The molecule has 0 aromatic heterocycles. The van der Waals surface area contributed by atoms with Crippen molar-refractivity contribution in [3.05, 3.63) is 54.1 Å². The lowest BCUT2D eigenvalue weighted by Crippen LogP contribution is -2.17. The van der Waals surface area contributed by atoms with Crippen LogP contribution in [0.25, 0.3) is 11.1 Å². The normalized spacial score (nSPS) is 11.4. The molecule has 1 nitrogen and oxygen atoms in total. The fourth-order valence-electron chi connectivity index (χ4n) is 1.84. The monoisotopic (exact) mass is 266 g/mol. The Kier molecular flexibility index (Phi) is 3.79. The van der Waals surface area contributed by atoms with Gasteiger partial charge in [-0.05, 0) is 35.2 Å². The van der Waals surface area contributed by atoms with Crippen molar-refractivity contribution in [3.8, 4) is 16.9 Å². The molecule has 2 aromatic rings. The molecule has 0 aliphatic heterocycles. The molecule has 100 valence electrons. The molecule has 0 N–H and O–H groups in total. The highest BCUT2D eigenvalue weighted by Crippen LogP contribution is 2.28. The maximum absolute atomic E-state index is 12.2. The fraction of sp³-hybridized carbons (Fsp3) is 0.200. The lowest BCUT2D eigenvalue weighted by atomic mass is 10.0. The van der Waals surface area contributed by atoms with Crippen molar-refractivity contribution in [3.63, 3.8) is 0 Å². The summed E-state index contributed by atoms with van der Waals surface area (Å²) in [5.74, 6) is -0.202. The first kappa shape index (κ1) is 13.5. The third-order valence-electron chi connectivity index (χ3n) is 2.74. The van der Waals surface area contributed by atoms with Gasteiger partial charge in [0.15, 0.2) is 0 Å². The Hall–Kier alpha value is -1.97. The number of benzene rings is 2. The van der Waals surface area contributed by atoms with Crippen molar-refractivity contribution in [2.24, 2.45) is 0 Å². The van der Waals surface area contributed by atoms with Gasteiger partial charge in [-0.1, -0.05) is 43.3 Å². The Morgan fingerprint density at radius 3 is 2.21 bits per heavy atom. The molecule has 19 heavy (non-hydrogen) atoms. The minimum atomic E-state index is -4.66. The molecule has 0 radical (unpaired) electrons. The molecule has 0 aliphatic rings. The van der Waals surface area contributed by atoms with Gasteiger partial charge in [-0.15, -0.1) is 13.2 Å². The highest BCUT2D eigenvalue weighted by Gasteiger charge is 2.31. The summed E-state index contributed by atoms with van der Waals surface area (Å²) in [5.41, 5.74) is 2.73. The number of aryl methyl sites for hydroxylation is 1. The van der Waals surface area contributed by atoms with Crippen LogP contribution in [0, 0.1) is 0 Å². The predicted molar refractivity (Wildman–Crippen MR) is 67.9 cm³/mol. The molecule has 0 unspecified atom stereocenters. The van der Waals surface area contributed by atoms with Gasteiger partial charge in [0, 0.05) is 0 Å². The maximum Gasteiger partial charge on any atom is 0.573 e. The number of hydrogen-bond donors (Lipinski definition) is 0. The molecule has 0 atom stereocenters. The number of halogens is 3. The van der Waals surface area contributed by atoms with Gasteiger partial charge >= 0.3 is 6.36 Å². The second kappa shape index (κ2) is 5.34. The molecule has 0 amide bonds. The van der Waals surface area contributed by atoms with E-state index >= 15 is 0 Å². The van der Waals surface area contributed by atoms with Gasteiger partial charge in [-0.2, -0.15) is 0 Å². The molecule has 0 bridgehead atoms. The van der Waals surface area contributed by atoms with Crippen molar-refractivity contribution >= 4 is 0 Å². The van der Waals surface area contributed by atoms with E-state index in [1.807, 2.05) is 31.2 Å². The molecule has 0 saturated heterocycles. The van der Waals surface area contributed by atoms with Crippen LogP contribution in [-0.2, 0) is 6.42 Å². The van der Waals surface area contributed by atoms with Crippen LogP contribution in [0.15, 0.2) is 48.5 Å². The van der Waals surface area contributed by atoms with Gasteiger partial charge in [-0.3, -0.25) is 0 Å². The van der Waals surface area contributed by atoms with Crippen LogP contribution in [0.2, 0.25) is 0 Å². The van der Waals surface area contributed by atoms with Crippen molar-refractivity contribution in [2.45, 2.75) is 19.7 Å². The first-order valence-electron chi connectivity index (χ1n) is 5.93. The highest BCUT2D eigenvalue weighted by atomic mass is 19.4. The van der Waals surface area contributed by atoms with Gasteiger partial charge in [0.05, 0.1) is 0 Å². The van der Waals surface area contributed by atoms with Crippen LogP contribution in [0.3, 0.4) is 0 Å². The quantitative estimate of drug-likeness (QED) is 0.774. The van der Waals surface area contributed by atoms with Gasteiger partial charge in [0.2, 0.25) is 0 Å². The average molecular weight is 266 g/mol. The summed E-state index contributed by atoms with van der Waals surface area (Å²) in [4.78, 5) is 0. The summed E-state index contributed by atoms with van der Waals surface area (Å²) in [6.07, 6.45) is -3.78. The zero-order chi connectivity index (χ0) is 13.9. The minimum absolute atomic E-state index is 0.202. The molecular weight excluding hydrogens is 253 g/mol. The van der Waals surface area contributed by atoms with Gasteiger partial charge < -0.3 is 4.74 Å². The third kappa shape index (κ3) is 3.74. The van der Waals surface area contributed by atoms with Gasteiger partial charge in [-0.25, -0.2) is 0 Å². The number of ether oxygens (including phenoxy) is 1. The molecule has 0 spiro atoms. The van der Waals surface area contributed by atoms with E-state index in [1.54, 1.807) is 12.1 Å². The number of rotatable bonds is 3. The van der Waals surface area contributed by atoms with Crippen molar-refractivity contribution in [1.82, 2.24) is 0 Å². The average Bonchev–Trinajstić information content (AvgIpc) is 2.37. The third-order valence-corrected chi connectivity index (χ3v) is 2.74. The predicted octanol–water partition coefficient (Wildman–Crippen LogP) is 4.81. The Morgan fingerprint density at radius 2 is 1.58 bits per heavy atom. The van der Waals surface area contributed by atoms with Crippen LogP contribution < -0.4 is 4.74 Å². The van der Waals surface area contributed by atoms with E-state index < -0.39 is 6.36 Å². The Bertz CT molecular complexity index is 561. The maximum atomic E-state index is 12.2. The zero-order valence-electron chi connectivity index (χ0n) is 10.4. The van der Waals surface area contributed by atoms with Crippen molar-refractivity contribution in [2.75, 3.05) is 0 Å². The van der Waals surface area contributed by atoms with Crippen LogP contribution in [0.1, 0.15) is 12.5 Å². The zero-order valence-corrected chi connectivity index (χ0v) is 10.4. The van der Waals surface area contributed by atoms with Crippen LogP contribution >= 0.6 is 0 Å². The summed E-state index contributed by atoms with van der Waals surface area (Å²) in [7, 11) is 0. The van der Waals surface area contributed by atoms with Crippen LogP contribution in [-0.4, -0.2) is 6.36 Å². The van der Waals surface area contributed by atoms with E-state index in [9.17, 15) is 13.2 Å². The fourth-order valence-corrected chi connectivity index (χ4v) is 1.84. The van der Waals surface area contributed by atoms with Crippen LogP contribution in [0.4, 0.5) is 13.2 Å². The van der Waals surface area contributed by atoms with Crippen molar-refractivity contribution in [1.29, 1.82) is 0 Å². The highest BCUT2D eigenvalue weighted by molar-refractivity contribution is 5.65. The van der Waals surface area contributed by atoms with E-state index in [4.69, 9.17) is 0 Å².